The van der Waals surface area contributed by atoms with Gasteiger partial charge in [-0.25, -0.2) is 8.42 Å². The molecular formula is C21H31BrN2O4S. The van der Waals surface area contributed by atoms with Crippen molar-refractivity contribution in [1.29, 1.82) is 0 Å². The van der Waals surface area contributed by atoms with Crippen molar-refractivity contribution in [2.75, 3.05) is 23.7 Å². The van der Waals surface area contributed by atoms with Crippen LogP contribution in [0.4, 0.5) is 5.69 Å². The summed E-state index contributed by atoms with van der Waals surface area (Å²) in [5.74, 6) is -0.288. The predicted molar refractivity (Wildman–Crippen MR) is 119 cm³/mol. The maximum absolute atomic E-state index is 13.0. The van der Waals surface area contributed by atoms with E-state index in [1.165, 1.54) is 17.9 Å². The highest BCUT2D eigenvalue weighted by Gasteiger charge is 2.31. The molecule has 0 bridgehead atoms. The van der Waals surface area contributed by atoms with Crippen LogP contribution >= 0.6 is 15.9 Å². The van der Waals surface area contributed by atoms with Crippen LogP contribution in [-0.4, -0.2) is 39.1 Å². The van der Waals surface area contributed by atoms with E-state index >= 15 is 0 Å². The quantitative estimate of drug-likeness (QED) is 0.544. The number of halogens is 1. The average Bonchev–Trinajstić information content (AvgIpc) is 3.09. The van der Waals surface area contributed by atoms with Crippen molar-refractivity contribution in [3.63, 3.8) is 0 Å². The van der Waals surface area contributed by atoms with E-state index in [9.17, 15) is 18.0 Å². The number of hydrogen-bond acceptors (Lipinski definition) is 4. The first-order chi connectivity index (χ1) is 13.7. The summed E-state index contributed by atoms with van der Waals surface area (Å²) in [6.07, 6.45) is 4.84. The van der Waals surface area contributed by atoms with Gasteiger partial charge in [0, 0.05) is 30.9 Å². The molecule has 0 unspecified atom stereocenters. The number of fused-ring (bicyclic) bond motifs is 1. The zero-order chi connectivity index (χ0) is 21.6. The number of sulfone groups is 1. The minimum absolute atomic E-state index is 0.0894. The molecule has 2 amide bonds. The van der Waals surface area contributed by atoms with Crippen LogP contribution in [0.3, 0.4) is 0 Å². The minimum Gasteiger partial charge on any atom is -0.356 e. The summed E-state index contributed by atoms with van der Waals surface area (Å²) in [5, 5.41) is 2.88. The number of rotatable bonds is 10. The lowest BCUT2D eigenvalue weighted by Gasteiger charge is -2.19. The standard InChI is InChI=1S/C21H31BrN2O4S/c1-4-6-7-16(5-2)14-23-20(26)9-11-29(27,28)19-13-18(22)12-17-8-10-24(15(3)25)21(17)19/h12-13,16H,4-11,14H2,1-3H3,(H,23,26)/t16-/m0/s1. The lowest BCUT2D eigenvalue weighted by Crippen LogP contribution is -2.31. The van der Waals surface area contributed by atoms with Gasteiger partial charge in [-0.1, -0.05) is 49.0 Å². The number of anilines is 1. The highest BCUT2D eigenvalue weighted by atomic mass is 79.9. The second-order valence-electron chi connectivity index (χ2n) is 7.62. The fourth-order valence-corrected chi connectivity index (χ4v) is 5.82. The Morgan fingerprint density at radius 2 is 2.00 bits per heavy atom. The fraction of sp³-hybridized carbons (Fsp3) is 0.619. The Morgan fingerprint density at radius 3 is 2.62 bits per heavy atom. The summed E-state index contributed by atoms with van der Waals surface area (Å²) in [6, 6.07) is 3.39. The molecule has 0 fully saturated rings. The van der Waals surface area contributed by atoms with Gasteiger partial charge in [0.05, 0.1) is 16.3 Å². The number of nitrogens with one attached hydrogen (secondary N) is 1. The topological polar surface area (TPSA) is 83.6 Å². The Balaban J connectivity index is 2.07. The molecule has 0 saturated heterocycles. The average molecular weight is 487 g/mol. The van der Waals surface area contributed by atoms with Gasteiger partial charge in [0.25, 0.3) is 0 Å². The van der Waals surface area contributed by atoms with E-state index < -0.39 is 9.84 Å². The summed E-state index contributed by atoms with van der Waals surface area (Å²) in [5.41, 5.74) is 1.30. The normalized spacial score (nSPS) is 14.6. The molecule has 0 radical (unpaired) electrons. The molecule has 1 aromatic rings. The summed E-state index contributed by atoms with van der Waals surface area (Å²) in [6.45, 7) is 6.73. The van der Waals surface area contributed by atoms with Gasteiger partial charge in [0.15, 0.2) is 9.84 Å². The monoisotopic (exact) mass is 486 g/mol. The van der Waals surface area contributed by atoms with Crippen LogP contribution in [0.25, 0.3) is 0 Å². The van der Waals surface area contributed by atoms with Crippen LogP contribution in [0.2, 0.25) is 0 Å². The molecule has 1 heterocycles. The Bertz CT molecular complexity index is 854. The summed E-state index contributed by atoms with van der Waals surface area (Å²) >= 11 is 3.37. The van der Waals surface area contributed by atoms with Gasteiger partial charge in [0.1, 0.15) is 0 Å². The maximum Gasteiger partial charge on any atom is 0.223 e. The van der Waals surface area contributed by atoms with E-state index in [4.69, 9.17) is 0 Å². The third-order valence-corrected chi connectivity index (χ3v) is 7.62. The first-order valence-electron chi connectivity index (χ1n) is 10.3. The molecule has 2 rings (SSSR count). The summed E-state index contributed by atoms with van der Waals surface area (Å²) < 4.78 is 26.7. The van der Waals surface area contributed by atoms with Gasteiger partial charge in [0.2, 0.25) is 11.8 Å². The van der Waals surface area contributed by atoms with Crippen molar-refractivity contribution in [2.24, 2.45) is 5.92 Å². The zero-order valence-electron chi connectivity index (χ0n) is 17.5. The van der Waals surface area contributed by atoms with Crippen molar-refractivity contribution < 1.29 is 18.0 Å². The number of hydrogen-bond donors (Lipinski definition) is 1. The van der Waals surface area contributed by atoms with Crippen molar-refractivity contribution >= 4 is 43.3 Å². The van der Waals surface area contributed by atoms with Crippen LogP contribution in [0.15, 0.2) is 21.5 Å². The van der Waals surface area contributed by atoms with Crippen LogP contribution in [-0.2, 0) is 25.8 Å². The molecule has 1 aromatic carbocycles. The highest BCUT2D eigenvalue weighted by Crippen LogP contribution is 2.38. The molecule has 1 aliphatic heterocycles. The van der Waals surface area contributed by atoms with Crippen molar-refractivity contribution in [3.8, 4) is 0 Å². The highest BCUT2D eigenvalue weighted by molar-refractivity contribution is 9.10. The number of carbonyl (C=O) groups is 2. The van der Waals surface area contributed by atoms with Gasteiger partial charge in [-0.05, 0) is 36.5 Å². The van der Waals surface area contributed by atoms with E-state index in [1.54, 1.807) is 0 Å². The molecule has 1 N–H and O–H groups in total. The van der Waals surface area contributed by atoms with Gasteiger partial charge in [-0.15, -0.1) is 0 Å². The smallest absolute Gasteiger partial charge is 0.223 e. The molecule has 1 aliphatic rings. The van der Waals surface area contributed by atoms with Gasteiger partial charge < -0.3 is 10.2 Å². The Kier molecular flexibility index (Phi) is 8.70. The van der Waals surface area contributed by atoms with Crippen LogP contribution < -0.4 is 10.2 Å². The van der Waals surface area contributed by atoms with E-state index in [-0.39, 0.29) is 28.9 Å². The zero-order valence-corrected chi connectivity index (χ0v) is 19.9. The Hall–Kier alpha value is -1.41. The summed E-state index contributed by atoms with van der Waals surface area (Å²) in [4.78, 5) is 25.8. The lowest BCUT2D eigenvalue weighted by molar-refractivity contribution is -0.121. The fourth-order valence-electron chi connectivity index (χ4n) is 3.65. The molecule has 29 heavy (non-hydrogen) atoms. The maximum atomic E-state index is 13.0. The Morgan fingerprint density at radius 1 is 1.28 bits per heavy atom. The number of benzene rings is 1. The third kappa shape index (κ3) is 6.28. The first kappa shape index (κ1) is 23.9. The molecule has 0 aromatic heterocycles. The van der Waals surface area contributed by atoms with Crippen molar-refractivity contribution in [1.82, 2.24) is 5.32 Å². The number of amides is 2. The first-order valence-corrected chi connectivity index (χ1v) is 12.7. The lowest BCUT2D eigenvalue weighted by atomic mass is 9.99. The van der Waals surface area contributed by atoms with Crippen LogP contribution in [0.1, 0.15) is 58.4 Å². The minimum atomic E-state index is -3.71. The second kappa shape index (κ2) is 10.6. The number of carbonyl (C=O) groups excluding carboxylic acids is 2. The van der Waals surface area contributed by atoms with Crippen LogP contribution in [0, 0.1) is 5.92 Å². The Labute approximate surface area is 182 Å². The predicted octanol–water partition coefficient (Wildman–Crippen LogP) is 3.85. The molecule has 6 nitrogen and oxygen atoms in total. The summed E-state index contributed by atoms with van der Waals surface area (Å²) in [7, 11) is -3.71. The molecule has 0 spiro atoms. The van der Waals surface area contributed by atoms with Gasteiger partial charge in [-0.3, -0.25) is 9.59 Å². The van der Waals surface area contributed by atoms with E-state index in [1.807, 2.05) is 6.07 Å². The number of unbranched alkanes of at least 4 members (excludes halogenated alkanes) is 1. The third-order valence-electron chi connectivity index (χ3n) is 5.44. The van der Waals surface area contributed by atoms with Crippen molar-refractivity contribution in [2.45, 2.75) is 64.2 Å². The molecule has 8 heteroatoms. The van der Waals surface area contributed by atoms with Crippen molar-refractivity contribution in [3.05, 3.63) is 22.2 Å². The second-order valence-corrected chi connectivity index (χ2v) is 10.6. The SMILES string of the molecule is CCCC[C@H](CC)CNC(=O)CCS(=O)(=O)c1cc(Br)cc2c1N(C(C)=O)CC2. The van der Waals surface area contributed by atoms with Crippen LogP contribution in [0.5, 0.6) is 0 Å². The van der Waals surface area contributed by atoms with Gasteiger partial charge >= 0.3 is 0 Å². The van der Waals surface area contributed by atoms with E-state index in [2.05, 4.69) is 35.1 Å². The molecule has 162 valence electrons. The largest absolute Gasteiger partial charge is 0.356 e. The molecule has 0 saturated carbocycles. The molecular weight excluding hydrogens is 456 g/mol. The van der Waals surface area contributed by atoms with E-state index in [0.717, 1.165) is 31.2 Å². The molecule has 0 aliphatic carbocycles. The number of nitrogens with zero attached hydrogens (tertiary/aromatic N) is 1. The molecule has 1 atom stereocenters. The van der Waals surface area contributed by atoms with Gasteiger partial charge in [-0.2, -0.15) is 0 Å². The van der Waals surface area contributed by atoms with E-state index in [0.29, 0.717) is 35.6 Å².